The number of hydrogen-bond acceptors (Lipinski definition) is 7. The number of aromatic nitrogens is 4. The lowest BCUT2D eigenvalue weighted by Crippen LogP contribution is -2.23. The topological polar surface area (TPSA) is 128 Å². The number of carbonyl (C=O) groups is 1. The molecule has 0 radical (unpaired) electrons. The third kappa shape index (κ3) is 5.55. The molecule has 0 saturated heterocycles. The van der Waals surface area contributed by atoms with E-state index >= 15 is 0 Å². The van der Waals surface area contributed by atoms with E-state index in [4.69, 9.17) is 4.74 Å². The third-order valence-corrected chi connectivity index (χ3v) is 4.85. The molecule has 2 N–H and O–H groups in total. The number of nitrogens with one attached hydrogen (secondary N) is 2. The summed E-state index contributed by atoms with van der Waals surface area (Å²) in [6, 6.07) is 10.6. The molecule has 3 aromatic rings. The summed E-state index contributed by atoms with van der Waals surface area (Å²) in [5.74, 6) is 0.0619. The van der Waals surface area contributed by atoms with Gasteiger partial charge in [0.05, 0.1) is 23.3 Å². The molecular formula is C19H20F2N6O4S. The molecule has 1 aromatic carbocycles. The van der Waals surface area contributed by atoms with E-state index in [0.29, 0.717) is 5.69 Å². The lowest BCUT2D eigenvalue weighted by Gasteiger charge is -2.18. The number of pyridine rings is 1. The van der Waals surface area contributed by atoms with Crippen molar-refractivity contribution in [2.24, 2.45) is 7.05 Å². The maximum Gasteiger partial charge on any atom is 0.413 e. The number of rotatable bonds is 7. The largest absolute Gasteiger partial charge is 0.435 e. The minimum Gasteiger partial charge on any atom is -0.435 e. The Morgan fingerprint density at radius 1 is 1.16 bits per heavy atom. The first-order valence-electron chi connectivity index (χ1n) is 9.21. The predicted molar refractivity (Wildman–Crippen MR) is 113 cm³/mol. The Balaban J connectivity index is 1.83. The second-order valence-corrected chi connectivity index (χ2v) is 8.56. The van der Waals surface area contributed by atoms with Crippen LogP contribution in [0.25, 0.3) is 11.4 Å². The van der Waals surface area contributed by atoms with Crippen molar-refractivity contribution >= 4 is 27.6 Å². The van der Waals surface area contributed by atoms with Crippen molar-refractivity contribution in [3.8, 4) is 11.4 Å². The van der Waals surface area contributed by atoms with Gasteiger partial charge in [-0.2, -0.15) is 0 Å². The van der Waals surface area contributed by atoms with Crippen LogP contribution in [-0.4, -0.2) is 47.2 Å². The average molecular weight is 466 g/mol. The molecule has 1 amide bonds. The molecule has 3 rings (SSSR count). The fourth-order valence-electron chi connectivity index (χ4n) is 2.82. The van der Waals surface area contributed by atoms with Gasteiger partial charge in [-0.1, -0.05) is 35.5 Å². The van der Waals surface area contributed by atoms with Crippen LogP contribution in [0.1, 0.15) is 17.4 Å². The molecule has 2 aromatic heterocycles. The van der Waals surface area contributed by atoms with Crippen LogP contribution in [0.5, 0.6) is 0 Å². The van der Waals surface area contributed by atoms with Gasteiger partial charge in [0.25, 0.3) is 6.43 Å². The Morgan fingerprint density at radius 3 is 2.44 bits per heavy atom. The van der Waals surface area contributed by atoms with Gasteiger partial charge in [0.2, 0.25) is 10.0 Å². The molecule has 0 spiro atoms. The second kappa shape index (κ2) is 9.26. The second-order valence-electron chi connectivity index (χ2n) is 6.81. The van der Waals surface area contributed by atoms with E-state index in [1.54, 1.807) is 25.1 Å². The Kier molecular flexibility index (Phi) is 6.67. The summed E-state index contributed by atoms with van der Waals surface area (Å²) in [7, 11) is -2.01. The average Bonchev–Trinajstić information content (AvgIpc) is 3.07. The highest BCUT2D eigenvalue weighted by Gasteiger charge is 2.28. The minimum absolute atomic E-state index is 0.0619. The summed E-state index contributed by atoms with van der Waals surface area (Å²) in [5, 5.41) is 10.2. The number of ether oxygens (including phenoxy) is 1. The molecule has 0 fully saturated rings. The number of sulfonamides is 1. The highest BCUT2D eigenvalue weighted by atomic mass is 32.2. The summed E-state index contributed by atoms with van der Waals surface area (Å²) < 4.78 is 58.3. The van der Waals surface area contributed by atoms with Gasteiger partial charge in [0.1, 0.15) is 0 Å². The lowest BCUT2D eigenvalue weighted by molar-refractivity contribution is -0.0143. The number of hydrogen-bond donors (Lipinski definition) is 2. The minimum atomic E-state index is -3.50. The van der Waals surface area contributed by atoms with Crippen molar-refractivity contribution in [2.75, 3.05) is 16.3 Å². The Bertz CT molecular complexity index is 1220. The van der Waals surface area contributed by atoms with Crippen molar-refractivity contribution < 1.29 is 26.7 Å². The fourth-order valence-corrected chi connectivity index (χ4v) is 3.43. The molecule has 170 valence electrons. The van der Waals surface area contributed by atoms with Crippen molar-refractivity contribution in [3.05, 3.63) is 53.7 Å². The van der Waals surface area contributed by atoms with Crippen LogP contribution in [0.2, 0.25) is 0 Å². The number of halogens is 2. The van der Waals surface area contributed by atoms with Crippen molar-refractivity contribution in [2.45, 2.75) is 19.5 Å². The maximum atomic E-state index is 13.5. The maximum absolute atomic E-state index is 13.5. The van der Waals surface area contributed by atoms with E-state index in [0.717, 1.165) is 6.26 Å². The van der Waals surface area contributed by atoms with E-state index in [-0.39, 0.29) is 28.5 Å². The number of alkyl halides is 2. The van der Waals surface area contributed by atoms with Crippen LogP contribution < -0.4 is 10.0 Å². The highest BCUT2D eigenvalue weighted by molar-refractivity contribution is 7.92. The number of nitrogens with zero attached hydrogens (tertiary/aromatic N) is 4. The molecule has 0 saturated carbocycles. The van der Waals surface area contributed by atoms with Gasteiger partial charge in [-0.3, -0.25) is 10.0 Å². The van der Waals surface area contributed by atoms with Crippen LogP contribution >= 0.6 is 0 Å². The van der Waals surface area contributed by atoms with Gasteiger partial charge in [-0.25, -0.2) is 31.7 Å². The van der Waals surface area contributed by atoms with E-state index in [1.165, 1.54) is 36.0 Å². The van der Waals surface area contributed by atoms with Crippen LogP contribution in [0.3, 0.4) is 0 Å². The number of carbonyl (C=O) groups excluding carboxylic acids is 1. The van der Waals surface area contributed by atoms with E-state index < -0.39 is 28.6 Å². The quantitative estimate of drug-likeness (QED) is 0.547. The molecule has 2 heterocycles. The zero-order chi connectivity index (χ0) is 23.5. The molecule has 0 aliphatic rings. The molecule has 32 heavy (non-hydrogen) atoms. The molecule has 0 bridgehead atoms. The van der Waals surface area contributed by atoms with Crippen LogP contribution in [0.4, 0.5) is 25.1 Å². The normalized spacial score (nSPS) is 12.4. The monoisotopic (exact) mass is 466 g/mol. The summed E-state index contributed by atoms with van der Waals surface area (Å²) in [4.78, 5) is 16.7. The van der Waals surface area contributed by atoms with Gasteiger partial charge in [0, 0.05) is 7.05 Å². The van der Waals surface area contributed by atoms with Crippen molar-refractivity contribution in [1.82, 2.24) is 20.0 Å². The van der Waals surface area contributed by atoms with Crippen LogP contribution in [0, 0.1) is 6.92 Å². The fraction of sp³-hybridized carbons (Fsp3) is 0.263. The number of anilines is 2. The Morgan fingerprint density at radius 2 is 1.84 bits per heavy atom. The van der Waals surface area contributed by atoms with E-state index in [1.807, 2.05) is 0 Å². The molecule has 0 aliphatic carbocycles. The molecule has 1 atom stereocenters. The van der Waals surface area contributed by atoms with Gasteiger partial charge in [0.15, 0.2) is 17.6 Å². The van der Waals surface area contributed by atoms with E-state index in [2.05, 4.69) is 25.3 Å². The van der Waals surface area contributed by atoms with Gasteiger partial charge in [-0.05, 0) is 24.6 Å². The molecule has 13 heteroatoms. The number of benzene rings is 1. The summed E-state index contributed by atoms with van der Waals surface area (Å²) in [6.45, 7) is 1.59. The molecule has 0 unspecified atom stereocenters. The van der Waals surface area contributed by atoms with Crippen molar-refractivity contribution in [1.29, 1.82) is 0 Å². The summed E-state index contributed by atoms with van der Waals surface area (Å²) in [6.07, 6.45) is -4.81. The summed E-state index contributed by atoms with van der Waals surface area (Å²) >= 11 is 0. The highest BCUT2D eigenvalue weighted by Crippen LogP contribution is 2.28. The van der Waals surface area contributed by atoms with Crippen molar-refractivity contribution in [3.63, 3.8) is 0 Å². The zero-order valence-corrected chi connectivity index (χ0v) is 18.1. The first-order chi connectivity index (χ1) is 15.0. The number of aryl methyl sites for hydroxylation is 2. The van der Waals surface area contributed by atoms with Gasteiger partial charge >= 0.3 is 6.09 Å². The Labute approximate surface area is 182 Å². The van der Waals surface area contributed by atoms with Gasteiger partial charge < -0.3 is 4.74 Å². The zero-order valence-electron chi connectivity index (χ0n) is 17.3. The van der Waals surface area contributed by atoms with E-state index in [9.17, 15) is 22.0 Å². The number of amides is 1. The van der Waals surface area contributed by atoms with Crippen LogP contribution in [0.15, 0.2) is 42.5 Å². The summed E-state index contributed by atoms with van der Waals surface area (Å²) in [5.41, 5.74) is 1.20. The molecule has 10 nitrogen and oxygen atoms in total. The molecule has 0 aliphatic heterocycles. The third-order valence-electron chi connectivity index (χ3n) is 4.26. The molecular weight excluding hydrogens is 446 g/mol. The smallest absolute Gasteiger partial charge is 0.413 e. The Hall–Kier alpha value is -3.61. The first kappa shape index (κ1) is 23.1. The first-order valence-corrected chi connectivity index (χ1v) is 11.1. The lowest BCUT2D eigenvalue weighted by atomic mass is 10.1. The predicted octanol–water partition coefficient (Wildman–Crippen LogP) is 3.11. The van der Waals surface area contributed by atoms with Crippen LogP contribution in [-0.2, 0) is 21.8 Å². The standard InChI is InChI=1S/C19H20F2N6O4S/c1-11-13(25-32(3,29)30)9-10-14(22-11)15-18(27(2)26-24-15)23-19(28)31-16(17(20)21)12-7-5-4-6-8-12/h4-10,16-17,25H,1-3H3,(H,23,28)/t16-/m0/s1. The SMILES string of the molecule is Cc1nc(-c2nnn(C)c2NC(=O)O[C@@H](c2ccccc2)C(F)F)ccc1NS(C)(=O)=O. The van der Waals surface area contributed by atoms with Gasteiger partial charge in [-0.15, -0.1) is 5.10 Å².